The summed E-state index contributed by atoms with van der Waals surface area (Å²) in [6, 6.07) is 5.34. The van der Waals surface area contributed by atoms with Gasteiger partial charge in [-0.2, -0.15) is 13.2 Å². The Morgan fingerprint density at radius 2 is 2.04 bits per heavy atom. The Balaban J connectivity index is 1.95. The molecule has 8 heteroatoms. The van der Waals surface area contributed by atoms with Gasteiger partial charge in [-0.05, 0) is 30.7 Å². The SMILES string of the molecule is Cc1ccc(Nc2ccnc3c2CNC(=O)N3)cc1C(F)(F)F. The molecule has 3 N–H and O–H groups in total. The van der Waals surface area contributed by atoms with Gasteiger partial charge in [0, 0.05) is 23.1 Å². The van der Waals surface area contributed by atoms with Gasteiger partial charge < -0.3 is 10.6 Å². The fourth-order valence-corrected chi connectivity index (χ4v) is 2.38. The average molecular weight is 322 g/mol. The highest BCUT2D eigenvalue weighted by Gasteiger charge is 2.32. The smallest absolute Gasteiger partial charge is 0.355 e. The quantitative estimate of drug-likeness (QED) is 0.788. The van der Waals surface area contributed by atoms with Gasteiger partial charge in [-0.1, -0.05) is 6.07 Å². The van der Waals surface area contributed by atoms with Crippen molar-refractivity contribution < 1.29 is 18.0 Å². The predicted octanol–water partition coefficient (Wildman–Crippen LogP) is 3.79. The lowest BCUT2D eigenvalue weighted by molar-refractivity contribution is -0.138. The van der Waals surface area contributed by atoms with Gasteiger partial charge in [-0.3, -0.25) is 5.32 Å². The lowest BCUT2D eigenvalue weighted by Crippen LogP contribution is -2.34. The van der Waals surface area contributed by atoms with Gasteiger partial charge >= 0.3 is 12.2 Å². The molecule has 1 aromatic carbocycles. The first-order chi connectivity index (χ1) is 10.8. The molecule has 120 valence electrons. The second-order valence-electron chi connectivity index (χ2n) is 5.15. The van der Waals surface area contributed by atoms with Crippen LogP contribution in [0.4, 0.5) is 35.2 Å². The zero-order valence-electron chi connectivity index (χ0n) is 12.1. The van der Waals surface area contributed by atoms with E-state index in [0.717, 1.165) is 6.07 Å². The number of pyridine rings is 1. The number of fused-ring (bicyclic) bond motifs is 1. The van der Waals surface area contributed by atoms with Crippen LogP contribution in [0.3, 0.4) is 0 Å². The van der Waals surface area contributed by atoms with Crippen molar-refractivity contribution in [1.29, 1.82) is 0 Å². The Morgan fingerprint density at radius 1 is 1.26 bits per heavy atom. The molecule has 0 saturated heterocycles. The van der Waals surface area contributed by atoms with E-state index in [1.54, 1.807) is 12.1 Å². The minimum absolute atomic E-state index is 0.161. The molecular formula is C15H13F3N4O. The van der Waals surface area contributed by atoms with Crippen molar-refractivity contribution in [1.82, 2.24) is 10.3 Å². The summed E-state index contributed by atoms with van der Waals surface area (Å²) in [6.45, 7) is 1.66. The maximum absolute atomic E-state index is 13.0. The van der Waals surface area contributed by atoms with Crippen molar-refractivity contribution in [2.75, 3.05) is 10.6 Å². The Hall–Kier alpha value is -2.77. The summed E-state index contributed by atoms with van der Waals surface area (Å²) < 4.78 is 39.0. The number of hydrogen-bond donors (Lipinski definition) is 3. The second kappa shape index (κ2) is 5.45. The minimum atomic E-state index is -4.41. The highest BCUT2D eigenvalue weighted by Crippen LogP contribution is 2.35. The molecule has 0 radical (unpaired) electrons. The number of anilines is 3. The summed E-state index contributed by atoms with van der Waals surface area (Å²) >= 11 is 0. The van der Waals surface area contributed by atoms with Crippen LogP contribution < -0.4 is 16.0 Å². The molecule has 1 aromatic heterocycles. The number of hydrogen-bond acceptors (Lipinski definition) is 3. The fourth-order valence-electron chi connectivity index (χ4n) is 2.38. The van der Waals surface area contributed by atoms with Crippen LogP contribution in [-0.2, 0) is 12.7 Å². The molecule has 2 amide bonds. The van der Waals surface area contributed by atoms with E-state index in [0.29, 0.717) is 22.8 Å². The molecule has 1 aliphatic rings. The molecule has 0 bridgehead atoms. The van der Waals surface area contributed by atoms with E-state index in [2.05, 4.69) is 20.9 Å². The first kappa shape index (κ1) is 15.1. The van der Waals surface area contributed by atoms with E-state index >= 15 is 0 Å². The number of alkyl halides is 3. The molecule has 5 nitrogen and oxygen atoms in total. The number of halogens is 3. The maximum atomic E-state index is 13.0. The number of amides is 2. The van der Waals surface area contributed by atoms with Gasteiger partial charge in [0.25, 0.3) is 0 Å². The molecular weight excluding hydrogens is 309 g/mol. The third-order valence-corrected chi connectivity index (χ3v) is 3.54. The third-order valence-electron chi connectivity index (χ3n) is 3.54. The van der Waals surface area contributed by atoms with Crippen molar-refractivity contribution in [3.8, 4) is 0 Å². The average Bonchev–Trinajstić information content (AvgIpc) is 2.48. The number of aromatic nitrogens is 1. The molecule has 0 saturated carbocycles. The summed E-state index contributed by atoms with van der Waals surface area (Å²) in [4.78, 5) is 15.3. The molecule has 0 spiro atoms. The molecule has 0 atom stereocenters. The summed E-state index contributed by atoms with van der Waals surface area (Å²) in [5.41, 5.74) is 1.06. The number of carbonyl (C=O) groups is 1. The van der Waals surface area contributed by atoms with Crippen LogP contribution in [0.2, 0.25) is 0 Å². The van der Waals surface area contributed by atoms with Crippen molar-refractivity contribution in [3.05, 3.63) is 47.2 Å². The standard InChI is InChI=1S/C15H13F3N4O/c1-8-2-3-9(6-11(8)15(16,17)18)21-12-4-5-19-13-10(12)7-20-14(23)22-13/h2-6H,7H2,1H3,(H3,19,20,21,22,23). The highest BCUT2D eigenvalue weighted by atomic mass is 19.4. The zero-order chi connectivity index (χ0) is 16.6. The van der Waals surface area contributed by atoms with Crippen LogP contribution in [0.1, 0.15) is 16.7 Å². The molecule has 3 rings (SSSR count). The van der Waals surface area contributed by atoms with Gasteiger partial charge in [0.05, 0.1) is 12.1 Å². The number of nitrogens with zero attached hydrogens (tertiary/aromatic N) is 1. The Kier molecular flexibility index (Phi) is 3.59. The van der Waals surface area contributed by atoms with E-state index in [9.17, 15) is 18.0 Å². The molecule has 0 aliphatic carbocycles. The fraction of sp³-hybridized carbons (Fsp3) is 0.200. The number of rotatable bonds is 2. The molecule has 1 aliphatic heterocycles. The first-order valence-electron chi connectivity index (χ1n) is 6.82. The minimum Gasteiger partial charge on any atom is -0.355 e. The van der Waals surface area contributed by atoms with Crippen LogP contribution in [0.25, 0.3) is 0 Å². The van der Waals surface area contributed by atoms with Gasteiger partial charge in [0.1, 0.15) is 5.82 Å². The monoisotopic (exact) mass is 322 g/mol. The number of urea groups is 1. The summed E-state index contributed by atoms with van der Waals surface area (Å²) in [7, 11) is 0. The third kappa shape index (κ3) is 3.05. The van der Waals surface area contributed by atoms with E-state index < -0.39 is 11.7 Å². The van der Waals surface area contributed by atoms with Crippen LogP contribution in [0.15, 0.2) is 30.5 Å². The van der Waals surface area contributed by atoms with Crippen molar-refractivity contribution >= 4 is 23.2 Å². The largest absolute Gasteiger partial charge is 0.416 e. The zero-order valence-corrected chi connectivity index (χ0v) is 12.1. The van der Waals surface area contributed by atoms with Gasteiger partial charge in [-0.25, -0.2) is 9.78 Å². The summed E-state index contributed by atoms with van der Waals surface area (Å²) in [5, 5.41) is 8.10. The number of carbonyl (C=O) groups excluding carboxylic acids is 1. The summed E-state index contributed by atoms with van der Waals surface area (Å²) in [5.74, 6) is 0.391. The Morgan fingerprint density at radius 3 is 2.78 bits per heavy atom. The molecule has 0 fully saturated rings. The van der Waals surface area contributed by atoms with Crippen LogP contribution >= 0.6 is 0 Å². The van der Waals surface area contributed by atoms with Crippen molar-refractivity contribution in [2.45, 2.75) is 19.6 Å². The van der Waals surface area contributed by atoms with Crippen molar-refractivity contribution in [2.24, 2.45) is 0 Å². The van der Waals surface area contributed by atoms with Crippen LogP contribution in [0.5, 0.6) is 0 Å². The normalized spacial score (nSPS) is 13.8. The lowest BCUT2D eigenvalue weighted by Gasteiger charge is -2.21. The van der Waals surface area contributed by atoms with E-state index in [4.69, 9.17) is 0 Å². The van der Waals surface area contributed by atoms with Gasteiger partial charge in [-0.15, -0.1) is 0 Å². The first-order valence-corrected chi connectivity index (χ1v) is 6.82. The molecule has 23 heavy (non-hydrogen) atoms. The highest BCUT2D eigenvalue weighted by molar-refractivity contribution is 5.92. The molecule has 0 unspecified atom stereocenters. The van der Waals surface area contributed by atoms with E-state index in [1.165, 1.54) is 19.2 Å². The van der Waals surface area contributed by atoms with Crippen LogP contribution in [-0.4, -0.2) is 11.0 Å². The topological polar surface area (TPSA) is 66.0 Å². The number of aryl methyl sites for hydroxylation is 1. The van der Waals surface area contributed by atoms with E-state index in [-0.39, 0.29) is 18.1 Å². The van der Waals surface area contributed by atoms with E-state index in [1.807, 2.05) is 0 Å². The van der Waals surface area contributed by atoms with Crippen molar-refractivity contribution in [3.63, 3.8) is 0 Å². The molecule has 2 aromatic rings. The Bertz CT molecular complexity index is 774. The van der Waals surface area contributed by atoms with Crippen LogP contribution in [0, 0.1) is 6.92 Å². The second-order valence-corrected chi connectivity index (χ2v) is 5.15. The van der Waals surface area contributed by atoms with Gasteiger partial charge in [0.15, 0.2) is 0 Å². The van der Waals surface area contributed by atoms with Gasteiger partial charge in [0.2, 0.25) is 0 Å². The summed E-state index contributed by atoms with van der Waals surface area (Å²) in [6.07, 6.45) is -2.93. The number of benzene rings is 1. The maximum Gasteiger partial charge on any atom is 0.416 e. The lowest BCUT2D eigenvalue weighted by atomic mass is 10.1. The Labute approximate surface area is 129 Å². The predicted molar refractivity (Wildman–Crippen MR) is 79.6 cm³/mol. The number of nitrogens with one attached hydrogen (secondary N) is 3. The molecule has 2 heterocycles.